The number of thiocarbonyl (C=S) groups is 1. The molecule has 7 heteroatoms. The highest BCUT2D eigenvalue weighted by molar-refractivity contribution is 7.80. The molecule has 0 spiro atoms. The fourth-order valence-corrected chi connectivity index (χ4v) is 1.37. The van der Waals surface area contributed by atoms with E-state index in [1.165, 1.54) is 4.90 Å². The Labute approximate surface area is 130 Å². The Kier molecular flexibility index (Phi) is 6.61. The van der Waals surface area contributed by atoms with Gasteiger partial charge in [0.15, 0.2) is 11.7 Å². The maximum Gasteiger partial charge on any atom is 0.259 e. The van der Waals surface area contributed by atoms with Gasteiger partial charge in [0.2, 0.25) is 0 Å². The summed E-state index contributed by atoms with van der Waals surface area (Å²) in [4.78, 5) is 12.9. The highest BCUT2D eigenvalue weighted by Crippen LogP contribution is 2.12. The number of nitrogens with zero attached hydrogens (tertiary/aromatic N) is 2. The lowest BCUT2D eigenvalue weighted by Crippen LogP contribution is -2.29. The van der Waals surface area contributed by atoms with Crippen LogP contribution in [0, 0.1) is 0 Å². The normalized spacial score (nSPS) is 10.8. The van der Waals surface area contributed by atoms with Crippen molar-refractivity contribution in [3.05, 3.63) is 29.8 Å². The van der Waals surface area contributed by atoms with Crippen LogP contribution in [0.4, 0.5) is 0 Å². The standard InChI is InChI=1S/C14H20N4O2S/c1-10(16-17-14(21)15-2)11-5-7-12(8-6-11)20-9-13(19)18(3)4/h5-8H,9H2,1-4H3,(H2,15,17,21)/b16-10-. The number of ether oxygens (including phenoxy) is 1. The molecule has 0 aliphatic rings. The number of amides is 1. The molecule has 0 aliphatic carbocycles. The van der Waals surface area contributed by atoms with Gasteiger partial charge in [-0.25, -0.2) is 0 Å². The first-order valence-electron chi connectivity index (χ1n) is 6.39. The molecule has 0 saturated carbocycles. The zero-order valence-electron chi connectivity index (χ0n) is 12.6. The Balaban J connectivity index is 2.61. The van der Waals surface area contributed by atoms with Gasteiger partial charge in [0.05, 0.1) is 5.71 Å². The molecule has 0 radical (unpaired) electrons. The molecule has 1 aromatic carbocycles. The first-order valence-corrected chi connectivity index (χ1v) is 6.80. The van der Waals surface area contributed by atoms with Crippen LogP contribution in [0.1, 0.15) is 12.5 Å². The van der Waals surface area contributed by atoms with Crippen molar-refractivity contribution in [1.29, 1.82) is 0 Å². The third kappa shape index (κ3) is 5.78. The lowest BCUT2D eigenvalue weighted by atomic mass is 10.1. The van der Waals surface area contributed by atoms with Crippen molar-refractivity contribution in [3.8, 4) is 5.75 Å². The van der Waals surface area contributed by atoms with E-state index in [-0.39, 0.29) is 12.5 Å². The molecule has 6 nitrogen and oxygen atoms in total. The number of rotatable bonds is 5. The zero-order chi connectivity index (χ0) is 15.8. The van der Waals surface area contributed by atoms with E-state index in [0.29, 0.717) is 10.9 Å². The Morgan fingerprint density at radius 1 is 1.33 bits per heavy atom. The molecule has 0 unspecified atom stereocenters. The summed E-state index contributed by atoms with van der Waals surface area (Å²) in [5, 5.41) is 7.38. The smallest absolute Gasteiger partial charge is 0.259 e. The third-order valence-electron chi connectivity index (χ3n) is 2.69. The van der Waals surface area contributed by atoms with E-state index in [2.05, 4.69) is 15.8 Å². The minimum absolute atomic E-state index is 0.0252. The van der Waals surface area contributed by atoms with E-state index in [9.17, 15) is 4.79 Å². The molecule has 1 aromatic rings. The largest absolute Gasteiger partial charge is 0.484 e. The second-order valence-electron chi connectivity index (χ2n) is 4.49. The topological polar surface area (TPSA) is 66.0 Å². The molecule has 0 bridgehead atoms. The molecule has 0 atom stereocenters. The van der Waals surface area contributed by atoms with Crippen molar-refractivity contribution in [2.45, 2.75) is 6.92 Å². The van der Waals surface area contributed by atoms with Crippen molar-refractivity contribution in [3.63, 3.8) is 0 Å². The molecular weight excluding hydrogens is 288 g/mol. The number of hydrogen-bond acceptors (Lipinski definition) is 4. The van der Waals surface area contributed by atoms with Crippen molar-refractivity contribution < 1.29 is 9.53 Å². The van der Waals surface area contributed by atoms with Gasteiger partial charge in [-0.3, -0.25) is 10.2 Å². The fourth-order valence-electron chi connectivity index (χ4n) is 1.32. The van der Waals surface area contributed by atoms with Crippen LogP contribution in [0.25, 0.3) is 0 Å². The summed E-state index contributed by atoms with van der Waals surface area (Å²) in [6.45, 7) is 1.90. The van der Waals surface area contributed by atoms with Gasteiger partial charge in [-0.05, 0) is 49.0 Å². The number of hydrogen-bond donors (Lipinski definition) is 2. The van der Waals surface area contributed by atoms with Crippen LogP contribution in [0.5, 0.6) is 5.75 Å². The van der Waals surface area contributed by atoms with Gasteiger partial charge in [-0.2, -0.15) is 5.10 Å². The van der Waals surface area contributed by atoms with Crippen molar-refractivity contribution in [2.24, 2.45) is 5.10 Å². The monoisotopic (exact) mass is 308 g/mol. The van der Waals surface area contributed by atoms with Gasteiger partial charge < -0.3 is 15.0 Å². The summed E-state index contributed by atoms with van der Waals surface area (Å²) in [5.41, 5.74) is 4.46. The predicted octanol–water partition coefficient (Wildman–Crippen LogP) is 0.971. The Morgan fingerprint density at radius 3 is 2.48 bits per heavy atom. The average molecular weight is 308 g/mol. The van der Waals surface area contributed by atoms with Crippen molar-refractivity contribution in [1.82, 2.24) is 15.6 Å². The zero-order valence-corrected chi connectivity index (χ0v) is 13.5. The minimum Gasteiger partial charge on any atom is -0.484 e. The maximum atomic E-state index is 11.4. The molecule has 21 heavy (non-hydrogen) atoms. The summed E-state index contributed by atoms with van der Waals surface area (Å²) < 4.78 is 5.40. The van der Waals surface area contributed by atoms with E-state index in [1.54, 1.807) is 33.3 Å². The van der Waals surface area contributed by atoms with E-state index >= 15 is 0 Å². The second-order valence-corrected chi connectivity index (χ2v) is 4.90. The van der Waals surface area contributed by atoms with Gasteiger partial charge in [-0.15, -0.1) is 0 Å². The van der Waals surface area contributed by atoms with Crippen LogP contribution in [-0.2, 0) is 4.79 Å². The minimum atomic E-state index is -0.0819. The molecule has 1 amide bonds. The van der Waals surface area contributed by atoms with Crippen LogP contribution >= 0.6 is 12.2 Å². The number of carbonyl (C=O) groups excluding carboxylic acids is 1. The Hall–Kier alpha value is -2.15. The lowest BCUT2D eigenvalue weighted by Gasteiger charge is -2.11. The SMILES string of the molecule is CNC(=S)N/N=C(/C)c1ccc(OCC(=O)N(C)C)cc1. The van der Waals surface area contributed by atoms with E-state index < -0.39 is 0 Å². The number of hydrazone groups is 1. The van der Waals surface area contributed by atoms with Gasteiger partial charge in [-0.1, -0.05) is 0 Å². The predicted molar refractivity (Wildman–Crippen MR) is 87.6 cm³/mol. The first kappa shape index (κ1) is 16.9. The van der Waals surface area contributed by atoms with Crippen molar-refractivity contribution >= 4 is 28.9 Å². The summed E-state index contributed by atoms with van der Waals surface area (Å²) in [6, 6.07) is 7.35. The van der Waals surface area contributed by atoms with Crippen LogP contribution in [0.3, 0.4) is 0 Å². The summed E-state index contributed by atoms with van der Waals surface area (Å²) in [5.74, 6) is 0.557. The van der Waals surface area contributed by atoms with Gasteiger partial charge in [0.1, 0.15) is 5.75 Å². The first-order chi connectivity index (χ1) is 9.93. The Bertz CT molecular complexity index is 526. The number of benzene rings is 1. The van der Waals surface area contributed by atoms with Gasteiger partial charge in [0.25, 0.3) is 5.91 Å². The maximum absolute atomic E-state index is 11.4. The molecule has 0 aromatic heterocycles. The number of nitrogens with one attached hydrogen (secondary N) is 2. The lowest BCUT2D eigenvalue weighted by molar-refractivity contribution is -0.130. The molecule has 0 heterocycles. The molecule has 114 valence electrons. The Morgan fingerprint density at radius 2 is 1.95 bits per heavy atom. The average Bonchev–Trinajstić information content (AvgIpc) is 2.50. The highest BCUT2D eigenvalue weighted by Gasteiger charge is 2.05. The van der Waals surface area contributed by atoms with Crippen LogP contribution < -0.4 is 15.5 Å². The van der Waals surface area contributed by atoms with E-state index in [1.807, 2.05) is 19.1 Å². The number of likely N-dealkylation sites (N-methyl/N-ethyl adjacent to an activating group) is 1. The summed E-state index contributed by atoms with van der Waals surface area (Å²) in [7, 11) is 5.11. The van der Waals surface area contributed by atoms with Crippen molar-refractivity contribution in [2.75, 3.05) is 27.7 Å². The van der Waals surface area contributed by atoms with Crippen LogP contribution in [0.2, 0.25) is 0 Å². The highest BCUT2D eigenvalue weighted by atomic mass is 32.1. The van der Waals surface area contributed by atoms with Gasteiger partial charge >= 0.3 is 0 Å². The fraction of sp³-hybridized carbons (Fsp3) is 0.357. The molecule has 0 saturated heterocycles. The molecule has 0 aliphatic heterocycles. The molecule has 2 N–H and O–H groups in total. The summed E-state index contributed by atoms with van der Waals surface area (Å²) >= 11 is 4.94. The number of carbonyl (C=O) groups is 1. The summed E-state index contributed by atoms with van der Waals surface area (Å²) in [6.07, 6.45) is 0. The third-order valence-corrected chi connectivity index (χ3v) is 2.98. The van der Waals surface area contributed by atoms with Crippen LogP contribution in [0.15, 0.2) is 29.4 Å². The molecular formula is C14H20N4O2S. The second kappa shape index (κ2) is 8.21. The van der Waals surface area contributed by atoms with E-state index in [4.69, 9.17) is 17.0 Å². The van der Waals surface area contributed by atoms with Crippen LogP contribution in [-0.4, -0.2) is 49.4 Å². The quantitative estimate of drug-likeness (QED) is 0.482. The van der Waals surface area contributed by atoms with E-state index in [0.717, 1.165) is 11.3 Å². The van der Waals surface area contributed by atoms with Gasteiger partial charge in [0, 0.05) is 21.1 Å². The molecule has 0 fully saturated rings. The molecule has 1 rings (SSSR count).